The minimum Gasteiger partial charge on any atom is -0.398 e. The van der Waals surface area contributed by atoms with Crippen LogP contribution < -0.4 is 11.3 Å². The van der Waals surface area contributed by atoms with E-state index in [2.05, 4.69) is 4.98 Å². The van der Waals surface area contributed by atoms with Crippen LogP contribution in [0.2, 0.25) is 0 Å². The summed E-state index contributed by atoms with van der Waals surface area (Å²) in [6, 6.07) is -1.12. The average Bonchev–Trinajstić information content (AvgIpc) is 2.59. The van der Waals surface area contributed by atoms with Gasteiger partial charge < -0.3 is 5.73 Å². The molecular formula is C15H15N3O3. The quantitative estimate of drug-likeness (QED) is 0.628. The normalized spacial score (nSPS) is 29.1. The van der Waals surface area contributed by atoms with E-state index in [1.54, 1.807) is 0 Å². The van der Waals surface area contributed by atoms with Crippen LogP contribution >= 0.6 is 0 Å². The van der Waals surface area contributed by atoms with E-state index >= 15 is 0 Å². The Kier molecular flexibility index (Phi) is 1.84. The predicted molar refractivity (Wildman–Crippen MR) is 78.1 cm³/mol. The molecule has 1 fully saturated rings. The summed E-state index contributed by atoms with van der Waals surface area (Å²) in [7, 11) is 0. The van der Waals surface area contributed by atoms with E-state index in [1.165, 1.54) is 0 Å². The number of Topliss-reactive ketones (excluding diaryl/α,β-unsaturated/α-hetero) is 2. The molecule has 0 aliphatic heterocycles. The van der Waals surface area contributed by atoms with Crippen molar-refractivity contribution in [2.24, 2.45) is 0 Å². The third-order valence-electron chi connectivity index (χ3n) is 3.24. The smallest absolute Gasteiger partial charge is 0.264 e. The number of anilines is 1. The summed E-state index contributed by atoms with van der Waals surface area (Å²) in [4.78, 5) is 41.3. The van der Waals surface area contributed by atoms with E-state index in [-0.39, 0.29) is 34.5 Å². The van der Waals surface area contributed by atoms with Gasteiger partial charge in [0, 0.05) is 17.5 Å². The van der Waals surface area contributed by atoms with Crippen molar-refractivity contribution >= 4 is 28.2 Å². The fourth-order valence-electron chi connectivity index (χ4n) is 2.26. The van der Waals surface area contributed by atoms with E-state index in [4.69, 9.17) is 14.0 Å². The number of hydrogen-bond donors (Lipinski definition) is 1. The highest BCUT2D eigenvalue weighted by Crippen LogP contribution is 2.24. The molecule has 21 heavy (non-hydrogen) atoms. The highest BCUT2D eigenvalue weighted by atomic mass is 16.2. The van der Waals surface area contributed by atoms with Crippen LogP contribution in [0.15, 0.2) is 22.9 Å². The van der Waals surface area contributed by atoms with Crippen LogP contribution in [0.1, 0.15) is 39.3 Å². The zero-order valence-electron chi connectivity index (χ0n) is 16.8. The Hall–Kier alpha value is -2.50. The third kappa shape index (κ3) is 2.12. The van der Waals surface area contributed by atoms with Crippen molar-refractivity contribution in [1.29, 1.82) is 0 Å². The Bertz CT molecular complexity index is 1050. The van der Waals surface area contributed by atoms with Crippen LogP contribution in [-0.2, 0) is 9.59 Å². The molecule has 3 rings (SSSR count). The first kappa shape index (κ1) is 8.07. The topological polar surface area (TPSA) is 95.0 Å². The Balaban J connectivity index is 2.39. The minimum absolute atomic E-state index is 0.143. The van der Waals surface area contributed by atoms with E-state index in [0.717, 1.165) is 10.6 Å². The van der Waals surface area contributed by atoms with Crippen molar-refractivity contribution in [2.45, 2.75) is 32.1 Å². The Labute approximate surface area is 129 Å². The van der Waals surface area contributed by atoms with Crippen LogP contribution in [0.25, 0.3) is 10.9 Å². The molecule has 1 saturated carbocycles. The van der Waals surface area contributed by atoms with Crippen molar-refractivity contribution < 1.29 is 17.8 Å². The van der Waals surface area contributed by atoms with Crippen LogP contribution in [0, 0.1) is 6.90 Å². The fraction of sp³-hybridized carbons (Fsp3) is 0.333. The molecule has 2 aromatic rings. The maximum atomic E-state index is 13.1. The minimum atomic E-state index is -2.66. The number of hydrogen-bond acceptors (Lipinski definition) is 5. The maximum Gasteiger partial charge on any atom is 0.264 e. The van der Waals surface area contributed by atoms with Gasteiger partial charge in [0.1, 0.15) is 11.6 Å². The van der Waals surface area contributed by atoms with Gasteiger partial charge in [-0.05, 0) is 25.4 Å². The molecule has 0 radical (unpaired) electrons. The second-order valence-electron chi connectivity index (χ2n) is 4.60. The Morgan fingerprint density at radius 3 is 3.05 bits per heavy atom. The first-order chi connectivity index (χ1) is 12.5. The number of aryl methyl sites for hydroxylation is 1. The molecule has 0 amide bonds. The molecule has 6 heteroatoms. The monoisotopic (exact) mass is 291 g/mol. The van der Waals surface area contributed by atoms with Gasteiger partial charge in [0.2, 0.25) is 0 Å². The first-order valence-electron chi connectivity index (χ1n) is 9.39. The van der Waals surface area contributed by atoms with Crippen LogP contribution in [0.5, 0.6) is 0 Å². The van der Waals surface area contributed by atoms with Crippen LogP contribution in [0.3, 0.4) is 0 Å². The zero-order chi connectivity index (χ0) is 20.3. The summed E-state index contributed by atoms with van der Waals surface area (Å²) in [5, 5.41) is -0.304. The summed E-state index contributed by atoms with van der Waals surface area (Å²) < 4.78 is 47.6. The van der Waals surface area contributed by atoms with Gasteiger partial charge in [-0.2, -0.15) is 0 Å². The second kappa shape index (κ2) is 4.80. The number of carbonyl (C=O) groups is 2. The third-order valence-corrected chi connectivity index (χ3v) is 3.24. The van der Waals surface area contributed by atoms with Gasteiger partial charge in [0.05, 0.1) is 26.1 Å². The summed E-state index contributed by atoms with van der Waals surface area (Å²) >= 11 is 0. The summed E-state index contributed by atoms with van der Waals surface area (Å²) in [5.41, 5.74) is 4.44. The van der Waals surface area contributed by atoms with Crippen LogP contribution in [0.4, 0.5) is 5.69 Å². The Morgan fingerprint density at radius 2 is 2.29 bits per heavy atom. The number of nitrogen functional groups attached to an aromatic ring is 1. The molecule has 2 N–H and O–H groups in total. The average molecular weight is 291 g/mol. The molecule has 1 aromatic heterocycles. The standard InChI is InChI=1S/C15H15N3O3/c1-8-17-11-4-2-3-10(16)14(11)15(21)18(8)12-6-5-9(19)7-13(12)20/h2-4,12H,5-7,16H2,1H3/i1D,3D,4D,5D2,6D. The van der Waals surface area contributed by atoms with Gasteiger partial charge in [-0.15, -0.1) is 0 Å². The van der Waals surface area contributed by atoms with E-state index in [9.17, 15) is 14.4 Å². The lowest BCUT2D eigenvalue weighted by molar-refractivity contribution is -0.132. The molecule has 0 bridgehead atoms. The Morgan fingerprint density at radius 1 is 1.48 bits per heavy atom. The van der Waals surface area contributed by atoms with E-state index in [1.807, 2.05) is 0 Å². The van der Waals surface area contributed by atoms with Gasteiger partial charge >= 0.3 is 0 Å². The van der Waals surface area contributed by atoms with Gasteiger partial charge in [0.15, 0.2) is 5.78 Å². The molecule has 0 saturated heterocycles. The number of nitrogens with two attached hydrogens (primary N) is 1. The molecular weight excluding hydrogens is 270 g/mol. The van der Waals surface area contributed by atoms with Crippen LogP contribution in [-0.4, -0.2) is 21.1 Å². The molecule has 1 heterocycles. The molecule has 2 atom stereocenters. The lowest BCUT2D eigenvalue weighted by Crippen LogP contribution is -2.36. The van der Waals surface area contributed by atoms with E-state index < -0.39 is 49.3 Å². The number of fused-ring (bicyclic) bond motifs is 1. The van der Waals surface area contributed by atoms with Gasteiger partial charge in [0.25, 0.3) is 5.56 Å². The highest BCUT2D eigenvalue weighted by Gasteiger charge is 2.30. The SMILES string of the molecule is [2H]Cc1nc2c([2H])cc([2H])c(N)c2c(=O)n1C1C(=O)CC(=O)C([2H])([2H])C1[2H]. The molecule has 0 spiro atoms. The second-order valence-corrected chi connectivity index (χ2v) is 4.60. The van der Waals surface area contributed by atoms with Crippen molar-refractivity contribution in [3.63, 3.8) is 0 Å². The van der Waals surface area contributed by atoms with E-state index in [0.29, 0.717) is 0 Å². The lowest BCUT2D eigenvalue weighted by Gasteiger charge is -2.24. The van der Waals surface area contributed by atoms with Gasteiger partial charge in [-0.25, -0.2) is 4.98 Å². The molecule has 108 valence electrons. The summed E-state index contributed by atoms with van der Waals surface area (Å²) in [6.45, 7) is -0.583. The summed E-state index contributed by atoms with van der Waals surface area (Å²) in [5.74, 6) is -2.13. The number of ketones is 2. The molecule has 6 nitrogen and oxygen atoms in total. The van der Waals surface area contributed by atoms with Crippen molar-refractivity contribution in [2.75, 3.05) is 5.73 Å². The first-order valence-corrected chi connectivity index (χ1v) is 6.10. The number of carbonyl (C=O) groups excluding carboxylic acids is 2. The summed E-state index contributed by atoms with van der Waals surface area (Å²) in [6.07, 6.45) is -5.35. The van der Waals surface area contributed by atoms with Crippen molar-refractivity contribution in [3.05, 3.63) is 34.3 Å². The zero-order valence-corrected chi connectivity index (χ0v) is 10.8. The van der Waals surface area contributed by atoms with Gasteiger partial charge in [-0.1, -0.05) is 6.07 Å². The van der Waals surface area contributed by atoms with Gasteiger partial charge in [-0.3, -0.25) is 19.0 Å². The van der Waals surface area contributed by atoms with Crippen molar-refractivity contribution in [3.8, 4) is 0 Å². The molecule has 1 aromatic carbocycles. The molecule has 1 aliphatic rings. The predicted octanol–water partition coefficient (Wildman–Crippen LogP) is 1.15. The molecule has 1 aliphatic carbocycles. The maximum absolute atomic E-state index is 13.1. The number of nitrogens with zero attached hydrogens (tertiary/aromatic N) is 2. The largest absolute Gasteiger partial charge is 0.398 e. The molecule has 2 unspecified atom stereocenters. The number of aromatic nitrogens is 2. The lowest BCUT2D eigenvalue weighted by atomic mass is 9.92. The number of rotatable bonds is 1. The highest BCUT2D eigenvalue weighted by molar-refractivity contribution is 6.03. The number of benzene rings is 1. The van der Waals surface area contributed by atoms with Crippen molar-refractivity contribution in [1.82, 2.24) is 9.55 Å². The fourth-order valence-corrected chi connectivity index (χ4v) is 2.26.